The van der Waals surface area contributed by atoms with Crippen LogP contribution in [0.5, 0.6) is 0 Å². The number of rotatable bonds is 3. The number of fused-ring (bicyclic) bond motifs is 1. The molecule has 1 aliphatic rings. The number of carbonyl (C=O) groups is 1. The molecule has 0 saturated carbocycles. The average molecular weight is 376 g/mol. The van der Waals surface area contributed by atoms with E-state index >= 15 is 0 Å². The smallest absolute Gasteiger partial charge is 0.415 e. The molecule has 0 spiro atoms. The molecule has 0 fully saturated rings. The first-order valence-corrected chi connectivity index (χ1v) is 12.1. The van der Waals surface area contributed by atoms with Gasteiger partial charge in [-0.3, -0.25) is 4.90 Å². The van der Waals surface area contributed by atoms with Gasteiger partial charge in [0.05, 0.1) is 17.8 Å². The minimum Gasteiger partial charge on any atom is -0.443 e. The van der Waals surface area contributed by atoms with Gasteiger partial charge in [0.2, 0.25) is 0 Å². The number of hydrogen-bond acceptors (Lipinski definition) is 3. The van der Waals surface area contributed by atoms with E-state index < -0.39 is 13.9 Å². The van der Waals surface area contributed by atoms with Gasteiger partial charge in [-0.05, 0) is 45.0 Å². The Morgan fingerprint density at radius 3 is 2.23 bits per heavy atom. The molecule has 0 N–H and O–H groups in total. The summed E-state index contributed by atoms with van der Waals surface area (Å²) in [4.78, 5) is 14.6. The second-order valence-corrected chi connectivity index (χ2v) is 14.2. The predicted molar refractivity (Wildman–Crippen MR) is 110 cm³/mol. The lowest BCUT2D eigenvalue weighted by atomic mass is 10.1. The molecule has 26 heavy (non-hydrogen) atoms. The first-order chi connectivity index (χ1) is 11.8. The quantitative estimate of drug-likeness (QED) is 0.476. The SMILES string of the molecule is C=C[C@@H]1[C@@H](O[Si](C)(C)C(C)(C)C)c2ccccc2N1C(=O)OC(C)(C)C. The molecule has 2 rings (SSSR count). The van der Waals surface area contributed by atoms with E-state index in [1.165, 1.54) is 0 Å². The molecule has 1 heterocycles. The van der Waals surface area contributed by atoms with Crippen LogP contribution in [0.4, 0.5) is 10.5 Å². The van der Waals surface area contributed by atoms with Crippen LogP contribution in [0.2, 0.25) is 18.1 Å². The number of benzene rings is 1. The Morgan fingerprint density at radius 1 is 1.15 bits per heavy atom. The lowest BCUT2D eigenvalue weighted by Gasteiger charge is -2.40. The maximum Gasteiger partial charge on any atom is 0.415 e. The molecule has 0 radical (unpaired) electrons. The van der Waals surface area contributed by atoms with Crippen LogP contribution >= 0.6 is 0 Å². The zero-order chi connectivity index (χ0) is 19.9. The lowest BCUT2D eigenvalue weighted by molar-refractivity contribution is 0.0553. The molecule has 144 valence electrons. The molecular weight excluding hydrogens is 342 g/mol. The Kier molecular flexibility index (Phi) is 5.46. The molecule has 0 aliphatic carbocycles. The molecule has 2 atom stereocenters. The van der Waals surface area contributed by atoms with Crippen molar-refractivity contribution in [3.63, 3.8) is 0 Å². The molecule has 0 saturated heterocycles. The van der Waals surface area contributed by atoms with Gasteiger partial charge in [0.15, 0.2) is 8.32 Å². The summed E-state index contributed by atoms with van der Waals surface area (Å²) in [5.74, 6) is 0. The number of para-hydroxylation sites is 1. The minimum atomic E-state index is -2.03. The number of hydrogen-bond donors (Lipinski definition) is 0. The van der Waals surface area contributed by atoms with Crippen molar-refractivity contribution in [2.45, 2.75) is 77.4 Å². The molecule has 1 amide bonds. The standard InChI is InChI=1S/C21H33NO3Si/c1-10-16-18(25-26(8,9)21(5,6)7)15-13-11-12-14-17(15)22(16)19(23)24-20(2,3)4/h10-14,16,18H,1H2,2-9H3/t16-,18+/m1/s1. The van der Waals surface area contributed by atoms with Crippen LogP contribution in [0.1, 0.15) is 53.2 Å². The van der Waals surface area contributed by atoms with Gasteiger partial charge in [-0.25, -0.2) is 4.79 Å². The van der Waals surface area contributed by atoms with Crippen molar-refractivity contribution in [1.29, 1.82) is 0 Å². The fourth-order valence-corrected chi connectivity index (χ4v) is 4.07. The van der Waals surface area contributed by atoms with Crippen LogP contribution < -0.4 is 4.90 Å². The number of ether oxygens (including phenoxy) is 1. The van der Waals surface area contributed by atoms with Gasteiger partial charge < -0.3 is 9.16 Å². The molecule has 5 heteroatoms. The van der Waals surface area contributed by atoms with Gasteiger partial charge in [-0.1, -0.05) is 45.0 Å². The summed E-state index contributed by atoms with van der Waals surface area (Å²) in [7, 11) is -2.03. The molecule has 1 aromatic rings. The van der Waals surface area contributed by atoms with Crippen molar-refractivity contribution in [3.05, 3.63) is 42.5 Å². The zero-order valence-electron chi connectivity index (χ0n) is 17.4. The van der Waals surface area contributed by atoms with Gasteiger partial charge in [-0.15, -0.1) is 6.58 Å². The normalized spacial score (nSPS) is 20.7. The first-order valence-electron chi connectivity index (χ1n) is 9.20. The topological polar surface area (TPSA) is 38.8 Å². The molecule has 0 bridgehead atoms. The molecule has 0 unspecified atom stereocenters. The molecule has 4 nitrogen and oxygen atoms in total. The van der Waals surface area contributed by atoms with E-state index in [9.17, 15) is 4.79 Å². The number of nitrogens with zero attached hydrogens (tertiary/aromatic N) is 1. The van der Waals surface area contributed by atoms with E-state index in [1.54, 1.807) is 11.0 Å². The van der Waals surface area contributed by atoms with Gasteiger partial charge in [-0.2, -0.15) is 0 Å². The van der Waals surface area contributed by atoms with Crippen molar-refractivity contribution >= 4 is 20.1 Å². The summed E-state index contributed by atoms with van der Waals surface area (Å²) in [5.41, 5.74) is 1.30. The van der Waals surface area contributed by atoms with Gasteiger partial charge in [0.25, 0.3) is 0 Å². The summed E-state index contributed by atoms with van der Waals surface area (Å²) in [6.07, 6.45) is 1.20. The third kappa shape index (κ3) is 4.04. The third-order valence-corrected chi connectivity index (χ3v) is 9.63. The first kappa shape index (κ1) is 20.7. The van der Waals surface area contributed by atoms with Crippen molar-refractivity contribution < 1.29 is 14.0 Å². The van der Waals surface area contributed by atoms with E-state index in [1.807, 2.05) is 45.0 Å². The molecular formula is C21H33NO3Si. The monoisotopic (exact) mass is 375 g/mol. The van der Waals surface area contributed by atoms with E-state index in [0.29, 0.717) is 0 Å². The van der Waals surface area contributed by atoms with E-state index in [4.69, 9.17) is 9.16 Å². The zero-order valence-corrected chi connectivity index (χ0v) is 18.4. The van der Waals surface area contributed by atoms with Gasteiger partial charge in [0.1, 0.15) is 5.60 Å². The Bertz CT molecular complexity index is 685. The minimum absolute atomic E-state index is 0.0764. The summed E-state index contributed by atoms with van der Waals surface area (Å²) in [6.45, 7) is 20.7. The summed E-state index contributed by atoms with van der Waals surface area (Å²) < 4.78 is 12.4. The summed E-state index contributed by atoms with van der Waals surface area (Å²) >= 11 is 0. The maximum absolute atomic E-state index is 12.9. The largest absolute Gasteiger partial charge is 0.443 e. The highest BCUT2D eigenvalue weighted by Gasteiger charge is 2.47. The highest BCUT2D eigenvalue weighted by atomic mass is 28.4. The van der Waals surface area contributed by atoms with E-state index in [-0.39, 0.29) is 23.3 Å². The summed E-state index contributed by atoms with van der Waals surface area (Å²) in [5, 5.41) is 0.0764. The Balaban J connectivity index is 2.45. The number of amides is 1. The predicted octanol–water partition coefficient (Wildman–Crippen LogP) is 6.06. The average Bonchev–Trinajstić information content (AvgIpc) is 2.78. The highest BCUT2D eigenvalue weighted by molar-refractivity contribution is 6.74. The van der Waals surface area contributed by atoms with Crippen LogP contribution in [-0.4, -0.2) is 26.1 Å². The van der Waals surface area contributed by atoms with Crippen molar-refractivity contribution in [2.24, 2.45) is 0 Å². The molecule has 1 aliphatic heterocycles. The number of carbonyl (C=O) groups excluding carboxylic acids is 1. The van der Waals surface area contributed by atoms with Gasteiger partial charge in [0, 0.05) is 5.56 Å². The van der Waals surface area contributed by atoms with E-state index in [0.717, 1.165) is 11.3 Å². The fraction of sp³-hybridized carbons (Fsp3) is 0.571. The Morgan fingerprint density at radius 2 is 1.73 bits per heavy atom. The van der Waals surface area contributed by atoms with Crippen molar-refractivity contribution in [3.8, 4) is 0 Å². The highest BCUT2D eigenvalue weighted by Crippen LogP contribution is 2.47. The summed E-state index contributed by atoms with van der Waals surface area (Å²) in [6, 6.07) is 7.63. The Hall–Kier alpha value is -1.59. The van der Waals surface area contributed by atoms with Crippen LogP contribution in [0.3, 0.4) is 0 Å². The molecule has 1 aromatic carbocycles. The Labute approximate surface area is 159 Å². The van der Waals surface area contributed by atoms with Crippen LogP contribution in [-0.2, 0) is 9.16 Å². The van der Waals surface area contributed by atoms with Gasteiger partial charge >= 0.3 is 6.09 Å². The van der Waals surface area contributed by atoms with Crippen LogP contribution in [0, 0.1) is 0 Å². The fourth-order valence-electron chi connectivity index (χ4n) is 2.82. The third-order valence-electron chi connectivity index (χ3n) is 5.17. The maximum atomic E-state index is 12.9. The van der Waals surface area contributed by atoms with Crippen molar-refractivity contribution in [2.75, 3.05) is 4.90 Å². The van der Waals surface area contributed by atoms with Crippen LogP contribution in [0.25, 0.3) is 0 Å². The van der Waals surface area contributed by atoms with E-state index in [2.05, 4.69) is 40.4 Å². The van der Waals surface area contributed by atoms with Crippen LogP contribution in [0.15, 0.2) is 36.9 Å². The second-order valence-electron chi connectivity index (χ2n) is 9.43. The lowest BCUT2D eigenvalue weighted by Crippen LogP contribution is -2.46. The van der Waals surface area contributed by atoms with Crippen molar-refractivity contribution in [1.82, 2.24) is 0 Å². The molecule has 0 aromatic heterocycles. The number of anilines is 1. The second kappa shape index (κ2) is 6.85.